The predicted molar refractivity (Wildman–Crippen MR) is 84.7 cm³/mol. The maximum absolute atomic E-state index is 9.71. The third kappa shape index (κ3) is 4.05. The van der Waals surface area contributed by atoms with E-state index in [4.69, 9.17) is 4.74 Å². The summed E-state index contributed by atoms with van der Waals surface area (Å²) in [5, 5.41) is 9.71. The van der Waals surface area contributed by atoms with E-state index in [-0.39, 0.29) is 0 Å². The molecule has 0 aliphatic heterocycles. The second-order valence-corrected chi connectivity index (χ2v) is 5.32. The van der Waals surface area contributed by atoms with Gasteiger partial charge in [-0.1, -0.05) is 32.9 Å². The van der Waals surface area contributed by atoms with Crippen molar-refractivity contribution < 1.29 is 9.84 Å². The molecule has 3 heteroatoms. The fraction of sp³-hybridized carbons (Fsp3) is 0.389. The molecule has 2 rings (SSSR count). The highest BCUT2D eigenvalue weighted by Gasteiger charge is 2.07. The van der Waals surface area contributed by atoms with E-state index in [1.54, 1.807) is 12.3 Å². The number of nitrogens with zero attached hydrogens (tertiary/aromatic N) is 1. The summed E-state index contributed by atoms with van der Waals surface area (Å²) in [6.45, 7) is 6.33. The topological polar surface area (TPSA) is 42.4 Å². The quantitative estimate of drug-likeness (QED) is 0.826. The van der Waals surface area contributed by atoms with Gasteiger partial charge in [0.1, 0.15) is 11.5 Å². The molecule has 1 aromatic heterocycles. The zero-order chi connectivity index (χ0) is 15.2. The lowest BCUT2D eigenvalue weighted by atomic mass is 9.99. The molecule has 2 atom stereocenters. The molecule has 0 spiro atoms. The lowest BCUT2D eigenvalue weighted by Crippen LogP contribution is -1.98. The highest BCUT2D eigenvalue weighted by Crippen LogP contribution is 2.25. The van der Waals surface area contributed by atoms with Crippen LogP contribution in [0.5, 0.6) is 11.5 Å². The van der Waals surface area contributed by atoms with Crippen molar-refractivity contribution in [3.63, 3.8) is 0 Å². The van der Waals surface area contributed by atoms with E-state index < -0.39 is 6.10 Å². The molecule has 1 heterocycles. The lowest BCUT2D eigenvalue weighted by Gasteiger charge is -2.11. The van der Waals surface area contributed by atoms with E-state index in [9.17, 15) is 5.11 Å². The minimum absolute atomic E-state index is 0.506. The first-order valence-electron chi connectivity index (χ1n) is 7.55. The Morgan fingerprint density at radius 1 is 1.00 bits per heavy atom. The van der Waals surface area contributed by atoms with Crippen LogP contribution in [0.15, 0.2) is 42.6 Å². The van der Waals surface area contributed by atoms with Crippen molar-refractivity contribution in [1.29, 1.82) is 0 Å². The third-order valence-corrected chi connectivity index (χ3v) is 3.78. The van der Waals surface area contributed by atoms with E-state index in [0.717, 1.165) is 12.2 Å². The standard InChI is InChI=1S/C18H23NO2/c1-4-13(3)14-6-8-15(9-7-14)21-16-10-11-17(19-12-16)18(20)5-2/h6-13,18,20H,4-5H2,1-3H3. The molecule has 0 aliphatic carbocycles. The van der Waals surface area contributed by atoms with Crippen LogP contribution in [-0.2, 0) is 0 Å². The first kappa shape index (κ1) is 15.5. The highest BCUT2D eigenvalue weighted by molar-refractivity contribution is 5.33. The van der Waals surface area contributed by atoms with Gasteiger partial charge in [-0.15, -0.1) is 0 Å². The van der Waals surface area contributed by atoms with Crippen molar-refractivity contribution in [2.24, 2.45) is 0 Å². The molecule has 1 aromatic carbocycles. The SMILES string of the molecule is CCC(C)c1ccc(Oc2ccc(C(O)CC)nc2)cc1. The van der Waals surface area contributed by atoms with Crippen LogP contribution < -0.4 is 4.74 Å². The van der Waals surface area contributed by atoms with Crippen molar-refractivity contribution in [3.8, 4) is 11.5 Å². The van der Waals surface area contributed by atoms with Crippen LogP contribution in [0.25, 0.3) is 0 Å². The molecule has 0 radical (unpaired) electrons. The number of ether oxygens (including phenoxy) is 1. The number of hydrogen-bond acceptors (Lipinski definition) is 3. The van der Waals surface area contributed by atoms with E-state index in [1.165, 1.54) is 5.56 Å². The Kier molecular flexibility index (Phi) is 5.34. The lowest BCUT2D eigenvalue weighted by molar-refractivity contribution is 0.169. The van der Waals surface area contributed by atoms with E-state index in [0.29, 0.717) is 23.8 Å². The number of benzene rings is 1. The molecule has 21 heavy (non-hydrogen) atoms. The molecule has 0 saturated heterocycles. The van der Waals surface area contributed by atoms with Gasteiger partial charge in [0.25, 0.3) is 0 Å². The van der Waals surface area contributed by atoms with Gasteiger partial charge < -0.3 is 9.84 Å². The van der Waals surface area contributed by atoms with Crippen molar-refractivity contribution >= 4 is 0 Å². The van der Waals surface area contributed by atoms with Crippen molar-refractivity contribution in [2.45, 2.75) is 45.6 Å². The summed E-state index contributed by atoms with van der Waals surface area (Å²) in [4.78, 5) is 4.23. The van der Waals surface area contributed by atoms with Gasteiger partial charge in [-0.05, 0) is 48.6 Å². The zero-order valence-corrected chi connectivity index (χ0v) is 12.9. The van der Waals surface area contributed by atoms with E-state index in [1.807, 2.05) is 25.1 Å². The molecule has 3 nitrogen and oxygen atoms in total. The number of aliphatic hydroxyl groups excluding tert-OH is 1. The summed E-state index contributed by atoms with van der Waals surface area (Å²) in [7, 11) is 0. The monoisotopic (exact) mass is 285 g/mol. The number of aromatic nitrogens is 1. The Bertz CT molecular complexity index is 497. The molecule has 0 bridgehead atoms. The number of hydrogen-bond donors (Lipinski definition) is 1. The van der Waals surface area contributed by atoms with Gasteiger partial charge in [0.2, 0.25) is 0 Å². The number of pyridine rings is 1. The highest BCUT2D eigenvalue weighted by atomic mass is 16.5. The maximum Gasteiger partial charge on any atom is 0.145 e. The van der Waals surface area contributed by atoms with Crippen LogP contribution in [-0.4, -0.2) is 10.1 Å². The van der Waals surface area contributed by atoms with Crippen LogP contribution in [0, 0.1) is 0 Å². The first-order chi connectivity index (χ1) is 10.1. The van der Waals surface area contributed by atoms with Gasteiger partial charge in [0.05, 0.1) is 18.0 Å². The summed E-state index contributed by atoms with van der Waals surface area (Å²) >= 11 is 0. The van der Waals surface area contributed by atoms with Gasteiger partial charge in [-0.3, -0.25) is 4.98 Å². The second kappa shape index (κ2) is 7.23. The van der Waals surface area contributed by atoms with Crippen LogP contribution in [0.4, 0.5) is 0 Å². The van der Waals surface area contributed by atoms with E-state index >= 15 is 0 Å². The Morgan fingerprint density at radius 3 is 2.19 bits per heavy atom. The van der Waals surface area contributed by atoms with Gasteiger partial charge in [-0.25, -0.2) is 0 Å². The molecule has 2 unspecified atom stereocenters. The molecule has 0 aliphatic rings. The van der Waals surface area contributed by atoms with Crippen LogP contribution in [0.3, 0.4) is 0 Å². The number of aliphatic hydroxyl groups is 1. The van der Waals surface area contributed by atoms with Gasteiger partial charge >= 0.3 is 0 Å². The van der Waals surface area contributed by atoms with Crippen LogP contribution in [0.2, 0.25) is 0 Å². The van der Waals surface area contributed by atoms with Crippen LogP contribution in [0.1, 0.15) is 56.9 Å². The van der Waals surface area contributed by atoms with Crippen molar-refractivity contribution in [2.75, 3.05) is 0 Å². The fourth-order valence-corrected chi connectivity index (χ4v) is 2.09. The summed E-state index contributed by atoms with van der Waals surface area (Å²) in [6.07, 6.45) is 2.93. The smallest absolute Gasteiger partial charge is 0.145 e. The van der Waals surface area contributed by atoms with Gasteiger partial charge in [0, 0.05) is 0 Å². The molecule has 1 N–H and O–H groups in total. The average Bonchev–Trinajstić information content (AvgIpc) is 2.55. The molecular formula is C18H23NO2. The fourth-order valence-electron chi connectivity index (χ4n) is 2.09. The Balaban J connectivity index is 2.04. The molecule has 0 amide bonds. The zero-order valence-electron chi connectivity index (χ0n) is 12.9. The van der Waals surface area contributed by atoms with Gasteiger partial charge in [0.15, 0.2) is 0 Å². The maximum atomic E-state index is 9.71. The minimum atomic E-state index is -0.506. The van der Waals surface area contributed by atoms with Crippen LogP contribution >= 0.6 is 0 Å². The van der Waals surface area contributed by atoms with E-state index in [2.05, 4.69) is 31.0 Å². The van der Waals surface area contributed by atoms with Gasteiger partial charge in [-0.2, -0.15) is 0 Å². The summed E-state index contributed by atoms with van der Waals surface area (Å²) < 4.78 is 5.77. The summed E-state index contributed by atoms with van der Waals surface area (Å²) in [5.74, 6) is 2.04. The summed E-state index contributed by atoms with van der Waals surface area (Å²) in [5.41, 5.74) is 2.00. The molecule has 0 fully saturated rings. The Labute approximate surface area is 126 Å². The predicted octanol–water partition coefficient (Wildman–Crippen LogP) is 4.83. The second-order valence-electron chi connectivity index (χ2n) is 5.32. The molecule has 2 aromatic rings. The Hall–Kier alpha value is -1.87. The molecule has 0 saturated carbocycles. The first-order valence-corrected chi connectivity index (χ1v) is 7.55. The summed E-state index contributed by atoms with van der Waals surface area (Å²) in [6, 6.07) is 11.8. The third-order valence-electron chi connectivity index (χ3n) is 3.78. The normalized spacial score (nSPS) is 13.7. The number of rotatable bonds is 6. The molecule has 112 valence electrons. The largest absolute Gasteiger partial charge is 0.456 e. The van der Waals surface area contributed by atoms with Crippen molar-refractivity contribution in [3.05, 3.63) is 53.9 Å². The minimum Gasteiger partial charge on any atom is -0.456 e. The Morgan fingerprint density at radius 2 is 1.67 bits per heavy atom. The average molecular weight is 285 g/mol. The molecular weight excluding hydrogens is 262 g/mol. The van der Waals surface area contributed by atoms with Crippen molar-refractivity contribution in [1.82, 2.24) is 4.98 Å².